The second-order valence-electron chi connectivity index (χ2n) is 4.32. The molecule has 0 amide bonds. The van der Waals surface area contributed by atoms with Gasteiger partial charge in [0.2, 0.25) is 0 Å². The number of hydrogen-bond donors (Lipinski definition) is 0. The van der Waals surface area contributed by atoms with Crippen LogP contribution in [0.1, 0.15) is 20.3 Å². The van der Waals surface area contributed by atoms with Crippen LogP contribution in [0.4, 0.5) is 8.78 Å². The molecule has 0 spiro atoms. The molecule has 13 heavy (non-hydrogen) atoms. The number of hydrazine groups is 1. The van der Waals surface area contributed by atoms with Crippen molar-refractivity contribution < 1.29 is 8.78 Å². The van der Waals surface area contributed by atoms with Crippen LogP contribution in [0.15, 0.2) is 0 Å². The summed E-state index contributed by atoms with van der Waals surface area (Å²) in [4.78, 5) is 0. The Morgan fingerprint density at radius 1 is 1.38 bits per heavy atom. The Balaban J connectivity index is 2.71. The number of nitrogens with zero attached hydrogens (tertiary/aromatic N) is 2. The molecular formula is C9H18F2N2. The second kappa shape index (κ2) is 3.50. The van der Waals surface area contributed by atoms with Gasteiger partial charge in [-0.1, -0.05) is 13.8 Å². The first-order valence-corrected chi connectivity index (χ1v) is 4.65. The van der Waals surface area contributed by atoms with Crippen LogP contribution in [0.25, 0.3) is 0 Å². The maximum Gasteiger partial charge on any atom is 0.263 e. The fourth-order valence-corrected chi connectivity index (χ4v) is 1.85. The molecule has 1 rings (SSSR count). The average molecular weight is 192 g/mol. The van der Waals surface area contributed by atoms with E-state index in [0.717, 1.165) is 0 Å². The molecule has 0 aromatic rings. The zero-order chi connectivity index (χ0) is 10.2. The minimum Gasteiger partial charge on any atom is -0.247 e. The summed E-state index contributed by atoms with van der Waals surface area (Å²) in [5.41, 5.74) is 0. The lowest BCUT2D eigenvalue weighted by molar-refractivity contribution is -0.0384. The van der Waals surface area contributed by atoms with Crippen molar-refractivity contribution in [2.24, 2.45) is 5.92 Å². The van der Waals surface area contributed by atoms with E-state index in [9.17, 15) is 8.78 Å². The third kappa shape index (κ3) is 2.38. The fourth-order valence-electron chi connectivity index (χ4n) is 1.85. The summed E-state index contributed by atoms with van der Waals surface area (Å²) in [6.07, 6.45) is -0.0111. The Morgan fingerprint density at radius 3 is 2.23 bits per heavy atom. The molecular weight excluding hydrogens is 174 g/mol. The van der Waals surface area contributed by atoms with Crippen LogP contribution in [-0.2, 0) is 0 Å². The highest BCUT2D eigenvalue weighted by atomic mass is 19.3. The molecule has 2 nitrogen and oxygen atoms in total. The molecule has 1 heterocycles. The molecule has 0 N–H and O–H groups in total. The van der Waals surface area contributed by atoms with Gasteiger partial charge in [0.25, 0.3) is 5.92 Å². The molecule has 0 saturated carbocycles. The predicted molar refractivity (Wildman–Crippen MR) is 48.6 cm³/mol. The molecule has 78 valence electrons. The van der Waals surface area contributed by atoms with Gasteiger partial charge >= 0.3 is 0 Å². The van der Waals surface area contributed by atoms with Crippen LogP contribution in [0.2, 0.25) is 0 Å². The zero-order valence-corrected chi connectivity index (χ0v) is 8.72. The van der Waals surface area contributed by atoms with Crippen molar-refractivity contribution in [2.75, 3.05) is 20.6 Å². The minimum absolute atomic E-state index is 0.0111. The van der Waals surface area contributed by atoms with Crippen molar-refractivity contribution in [2.45, 2.75) is 32.2 Å². The lowest BCUT2D eigenvalue weighted by Crippen LogP contribution is -2.43. The van der Waals surface area contributed by atoms with Crippen LogP contribution < -0.4 is 0 Å². The first-order valence-electron chi connectivity index (χ1n) is 4.65. The number of alkyl halides is 2. The van der Waals surface area contributed by atoms with Gasteiger partial charge in [0, 0.05) is 26.6 Å². The highest BCUT2D eigenvalue weighted by Gasteiger charge is 2.46. The van der Waals surface area contributed by atoms with Gasteiger partial charge < -0.3 is 0 Å². The largest absolute Gasteiger partial charge is 0.263 e. The Kier molecular flexibility index (Phi) is 2.92. The summed E-state index contributed by atoms with van der Waals surface area (Å²) in [5, 5.41) is 3.52. The van der Waals surface area contributed by atoms with Crippen molar-refractivity contribution >= 4 is 0 Å². The van der Waals surface area contributed by atoms with Gasteiger partial charge in [-0.25, -0.2) is 18.8 Å². The molecule has 0 radical (unpaired) electrons. The van der Waals surface area contributed by atoms with Crippen molar-refractivity contribution in [1.29, 1.82) is 0 Å². The lowest BCUT2D eigenvalue weighted by atomic mass is 10.0. The van der Waals surface area contributed by atoms with E-state index in [2.05, 4.69) is 0 Å². The molecule has 1 aliphatic rings. The average Bonchev–Trinajstić information content (AvgIpc) is 2.26. The summed E-state index contributed by atoms with van der Waals surface area (Å²) < 4.78 is 26.2. The van der Waals surface area contributed by atoms with Crippen LogP contribution in [0.3, 0.4) is 0 Å². The van der Waals surface area contributed by atoms with E-state index in [-0.39, 0.29) is 24.9 Å². The number of hydrogen-bond acceptors (Lipinski definition) is 2. The third-order valence-corrected chi connectivity index (χ3v) is 2.57. The van der Waals surface area contributed by atoms with Crippen molar-refractivity contribution in [3.05, 3.63) is 0 Å². The van der Waals surface area contributed by atoms with Gasteiger partial charge in [-0.3, -0.25) is 0 Å². The monoisotopic (exact) mass is 192 g/mol. The molecule has 0 aromatic heterocycles. The van der Waals surface area contributed by atoms with Crippen molar-refractivity contribution in [3.63, 3.8) is 0 Å². The van der Waals surface area contributed by atoms with E-state index in [4.69, 9.17) is 0 Å². The smallest absolute Gasteiger partial charge is 0.247 e. The van der Waals surface area contributed by atoms with Gasteiger partial charge in [0.15, 0.2) is 0 Å². The molecule has 0 aliphatic carbocycles. The quantitative estimate of drug-likeness (QED) is 0.658. The highest BCUT2D eigenvalue weighted by Crippen LogP contribution is 2.35. The maximum absolute atomic E-state index is 13.1. The van der Waals surface area contributed by atoms with Gasteiger partial charge in [-0.05, 0) is 5.92 Å². The van der Waals surface area contributed by atoms with E-state index >= 15 is 0 Å². The summed E-state index contributed by atoms with van der Waals surface area (Å²) >= 11 is 0. The Morgan fingerprint density at radius 2 is 1.92 bits per heavy atom. The van der Waals surface area contributed by atoms with Gasteiger partial charge in [0.1, 0.15) is 0 Å². The van der Waals surface area contributed by atoms with E-state index in [1.807, 2.05) is 27.9 Å². The SMILES string of the molecule is CC(C)C1CC(F)(F)CN1N(C)C. The topological polar surface area (TPSA) is 6.48 Å². The summed E-state index contributed by atoms with van der Waals surface area (Å²) in [7, 11) is 3.63. The van der Waals surface area contributed by atoms with Crippen LogP contribution >= 0.6 is 0 Å². The first-order chi connectivity index (χ1) is 5.83. The van der Waals surface area contributed by atoms with E-state index in [1.54, 1.807) is 10.0 Å². The minimum atomic E-state index is -2.51. The van der Waals surface area contributed by atoms with Crippen LogP contribution in [-0.4, -0.2) is 42.6 Å². The van der Waals surface area contributed by atoms with Crippen LogP contribution in [0, 0.1) is 5.92 Å². The Hall–Kier alpha value is -0.220. The highest BCUT2D eigenvalue weighted by molar-refractivity contribution is 4.89. The zero-order valence-electron chi connectivity index (χ0n) is 8.72. The lowest BCUT2D eigenvalue weighted by Gasteiger charge is -2.31. The Bertz CT molecular complexity index is 162. The number of halogens is 2. The summed E-state index contributed by atoms with van der Waals surface area (Å²) in [6.45, 7) is 3.84. The molecule has 1 saturated heterocycles. The summed E-state index contributed by atoms with van der Waals surface area (Å²) in [5.74, 6) is -2.24. The second-order valence-corrected chi connectivity index (χ2v) is 4.32. The predicted octanol–water partition coefficient (Wildman–Crippen LogP) is 1.83. The van der Waals surface area contributed by atoms with Gasteiger partial charge in [-0.15, -0.1) is 0 Å². The molecule has 1 fully saturated rings. The molecule has 4 heteroatoms. The van der Waals surface area contributed by atoms with E-state index in [1.165, 1.54) is 0 Å². The standard InChI is InChI=1S/C9H18F2N2/c1-7(2)8-5-9(10,11)6-13(8)12(3)4/h7-8H,5-6H2,1-4H3. The maximum atomic E-state index is 13.1. The van der Waals surface area contributed by atoms with E-state index in [0.29, 0.717) is 0 Å². The normalized spacial score (nSPS) is 29.1. The van der Waals surface area contributed by atoms with Crippen LogP contribution in [0.5, 0.6) is 0 Å². The number of rotatable bonds is 2. The molecule has 1 atom stereocenters. The fraction of sp³-hybridized carbons (Fsp3) is 1.00. The van der Waals surface area contributed by atoms with Crippen molar-refractivity contribution in [1.82, 2.24) is 10.0 Å². The van der Waals surface area contributed by atoms with E-state index < -0.39 is 5.92 Å². The Labute approximate surface area is 78.5 Å². The molecule has 1 unspecified atom stereocenters. The van der Waals surface area contributed by atoms with Gasteiger partial charge in [0.05, 0.1) is 6.54 Å². The summed E-state index contributed by atoms with van der Waals surface area (Å²) in [6, 6.07) is -0.0231. The first kappa shape index (κ1) is 10.9. The molecule has 1 aliphatic heterocycles. The molecule has 0 aromatic carbocycles. The third-order valence-electron chi connectivity index (χ3n) is 2.57. The molecule has 0 bridgehead atoms. The van der Waals surface area contributed by atoms with Crippen molar-refractivity contribution in [3.8, 4) is 0 Å². The van der Waals surface area contributed by atoms with Gasteiger partial charge in [-0.2, -0.15) is 0 Å².